The van der Waals surface area contributed by atoms with Crippen molar-refractivity contribution in [1.29, 1.82) is 0 Å². The van der Waals surface area contributed by atoms with Crippen molar-refractivity contribution in [3.63, 3.8) is 0 Å². The van der Waals surface area contributed by atoms with Gasteiger partial charge in [0.05, 0.1) is 12.0 Å². The lowest BCUT2D eigenvalue weighted by Gasteiger charge is -1.95. The minimum Gasteiger partial charge on any atom is -0.411 e. The number of hydrogen-bond acceptors (Lipinski definition) is 5. The Morgan fingerprint density at radius 3 is 2.89 bits per heavy atom. The first-order valence-electron chi connectivity index (χ1n) is 4.76. The molecule has 0 unspecified atom stereocenters. The highest BCUT2D eigenvalue weighted by Crippen LogP contribution is 2.03. The van der Waals surface area contributed by atoms with E-state index in [1.54, 1.807) is 0 Å². The molecule has 3 N–H and O–H groups in total. The Kier molecular flexibility index (Phi) is 4.76. The molecule has 1 heterocycles. The molecule has 18 heavy (non-hydrogen) atoms. The van der Waals surface area contributed by atoms with Crippen molar-refractivity contribution in [3.8, 4) is 11.8 Å². The summed E-state index contributed by atoms with van der Waals surface area (Å²) >= 11 is 0. The number of nitrogens with zero attached hydrogens (tertiary/aromatic N) is 2. The summed E-state index contributed by atoms with van der Waals surface area (Å²) in [6.45, 7) is 0. The Labute approximate surface area is 103 Å². The number of primary sulfonamides is 1. The zero-order valence-corrected chi connectivity index (χ0v) is 9.98. The number of nitrogens with two attached hydrogens (primary N) is 1. The largest absolute Gasteiger partial charge is 0.411 e. The Balaban J connectivity index is 2.80. The normalized spacial score (nSPS) is 11.2. The quantitative estimate of drug-likeness (QED) is 0.351. The minimum absolute atomic E-state index is 0.0569. The maximum atomic E-state index is 13.1. The summed E-state index contributed by atoms with van der Waals surface area (Å²) < 4.78 is 34.3. The molecule has 0 aliphatic rings. The van der Waals surface area contributed by atoms with Crippen LogP contribution in [0.5, 0.6) is 0 Å². The van der Waals surface area contributed by atoms with E-state index in [0.29, 0.717) is 0 Å². The van der Waals surface area contributed by atoms with E-state index in [1.165, 1.54) is 6.07 Å². The molecule has 0 aliphatic heterocycles. The molecule has 0 aliphatic carbocycles. The predicted molar refractivity (Wildman–Crippen MR) is 63.0 cm³/mol. The van der Waals surface area contributed by atoms with E-state index >= 15 is 0 Å². The molecule has 8 heteroatoms. The number of pyridine rings is 1. The summed E-state index contributed by atoms with van der Waals surface area (Å²) in [7, 11) is -3.54. The third-order valence-corrected chi connectivity index (χ3v) is 2.55. The molecule has 0 amide bonds. The molecule has 1 rings (SSSR count). The van der Waals surface area contributed by atoms with Crippen LogP contribution in [-0.4, -0.2) is 30.6 Å². The van der Waals surface area contributed by atoms with Crippen LogP contribution in [-0.2, 0) is 10.0 Å². The predicted octanol–water partition coefficient (Wildman–Crippen LogP) is 0.0589. The van der Waals surface area contributed by atoms with Crippen LogP contribution in [0.25, 0.3) is 0 Å². The highest BCUT2D eigenvalue weighted by Gasteiger charge is 2.02. The second kappa shape index (κ2) is 6.09. The standard InChI is InChI=1S/C10H10FN3O3S/c11-9-5-4-8(14-10(9)7-13-15)3-1-2-6-18(12,16)17/h4-5,7,15H,2,6H2,(H2,12,16,17). The van der Waals surface area contributed by atoms with Crippen molar-refractivity contribution < 1.29 is 18.0 Å². The van der Waals surface area contributed by atoms with Crippen molar-refractivity contribution in [3.05, 3.63) is 29.3 Å². The second-order valence-corrected chi connectivity index (χ2v) is 4.96. The molecule has 0 saturated heterocycles. The molecule has 1 aromatic rings. The van der Waals surface area contributed by atoms with Crippen molar-refractivity contribution in [2.75, 3.05) is 5.75 Å². The third-order valence-electron chi connectivity index (χ3n) is 1.78. The lowest BCUT2D eigenvalue weighted by atomic mass is 10.3. The SMILES string of the molecule is NS(=O)(=O)CCC#Cc1ccc(F)c(C=NO)n1. The summed E-state index contributed by atoms with van der Waals surface area (Å²) in [6, 6.07) is 2.45. The van der Waals surface area contributed by atoms with Crippen LogP contribution >= 0.6 is 0 Å². The Morgan fingerprint density at radius 2 is 2.28 bits per heavy atom. The lowest BCUT2D eigenvalue weighted by Crippen LogP contribution is -2.15. The fraction of sp³-hybridized carbons (Fsp3) is 0.200. The van der Waals surface area contributed by atoms with Gasteiger partial charge in [0.15, 0.2) is 5.82 Å². The van der Waals surface area contributed by atoms with Gasteiger partial charge < -0.3 is 5.21 Å². The van der Waals surface area contributed by atoms with Crippen molar-refractivity contribution in [2.24, 2.45) is 10.3 Å². The molecule has 0 atom stereocenters. The van der Waals surface area contributed by atoms with Gasteiger partial charge in [-0.05, 0) is 18.1 Å². The van der Waals surface area contributed by atoms with Crippen LogP contribution in [0.1, 0.15) is 17.8 Å². The van der Waals surface area contributed by atoms with E-state index in [4.69, 9.17) is 10.3 Å². The van der Waals surface area contributed by atoms with Gasteiger partial charge in [-0.3, -0.25) is 0 Å². The number of halogens is 1. The molecular formula is C10H10FN3O3S. The first kappa shape index (κ1) is 14.1. The van der Waals surface area contributed by atoms with Crippen molar-refractivity contribution in [2.45, 2.75) is 6.42 Å². The first-order chi connectivity index (χ1) is 8.42. The molecule has 0 fully saturated rings. The van der Waals surface area contributed by atoms with E-state index in [0.717, 1.165) is 12.3 Å². The summed E-state index contributed by atoms with van der Waals surface area (Å²) in [5.74, 6) is 4.19. The summed E-state index contributed by atoms with van der Waals surface area (Å²) in [6.07, 6.45) is 0.895. The highest BCUT2D eigenvalue weighted by atomic mass is 32.2. The van der Waals surface area contributed by atoms with Crippen LogP contribution in [0.2, 0.25) is 0 Å². The van der Waals surface area contributed by atoms with E-state index in [2.05, 4.69) is 22.0 Å². The summed E-state index contributed by atoms with van der Waals surface area (Å²) in [5.41, 5.74) is 0.0801. The van der Waals surface area contributed by atoms with Gasteiger partial charge in [-0.15, -0.1) is 0 Å². The summed E-state index contributed by atoms with van der Waals surface area (Å²) in [4.78, 5) is 3.76. The van der Waals surface area contributed by atoms with E-state index in [-0.39, 0.29) is 23.6 Å². The van der Waals surface area contributed by atoms with Gasteiger partial charge in [0.1, 0.15) is 11.4 Å². The molecule has 0 radical (unpaired) electrons. The van der Waals surface area contributed by atoms with Crippen LogP contribution < -0.4 is 5.14 Å². The van der Waals surface area contributed by atoms with E-state index < -0.39 is 15.8 Å². The third kappa shape index (κ3) is 4.90. The van der Waals surface area contributed by atoms with Gasteiger partial charge in [-0.25, -0.2) is 22.9 Å². The van der Waals surface area contributed by atoms with Crippen LogP contribution in [0.3, 0.4) is 0 Å². The molecule has 0 saturated carbocycles. The molecular weight excluding hydrogens is 261 g/mol. The molecule has 0 spiro atoms. The lowest BCUT2D eigenvalue weighted by molar-refractivity contribution is 0.321. The van der Waals surface area contributed by atoms with Crippen molar-refractivity contribution >= 4 is 16.2 Å². The van der Waals surface area contributed by atoms with E-state index in [1.807, 2.05) is 0 Å². The first-order valence-corrected chi connectivity index (χ1v) is 6.47. The molecule has 0 aromatic carbocycles. The zero-order chi connectivity index (χ0) is 13.6. The topological polar surface area (TPSA) is 106 Å². The maximum absolute atomic E-state index is 13.1. The fourth-order valence-corrected chi connectivity index (χ4v) is 1.41. The van der Waals surface area contributed by atoms with Gasteiger partial charge in [0, 0.05) is 6.42 Å². The Morgan fingerprint density at radius 1 is 1.56 bits per heavy atom. The number of rotatable bonds is 3. The molecule has 96 valence electrons. The van der Waals surface area contributed by atoms with Gasteiger partial charge in [-0.2, -0.15) is 0 Å². The second-order valence-electron chi connectivity index (χ2n) is 3.23. The minimum atomic E-state index is -3.54. The molecule has 1 aromatic heterocycles. The molecule has 0 bridgehead atoms. The Hall–Kier alpha value is -1.98. The highest BCUT2D eigenvalue weighted by molar-refractivity contribution is 7.89. The smallest absolute Gasteiger partial charge is 0.210 e. The number of sulfonamides is 1. The molecule has 6 nitrogen and oxygen atoms in total. The summed E-state index contributed by atoms with van der Waals surface area (Å²) in [5, 5.41) is 15.7. The van der Waals surface area contributed by atoms with Gasteiger partial charge in [0.2, 0.25) is 10.0 Å². The van der Waals surface area contributed by atoms with Crippen LogP contribution in [0, 0.1) is 17.7 Å². The average Bonchev–Trinajstić information content (AvgIpc) is 2.28. The zero-order valence-electron chi connectivity index (χ0n) is 9.17. The fourth-order valence-electron chi connectivity index (χ4n) is 1.02. The van der Waals surface area contributed by atoms with Gasteiger partial charge in [0.25, 0.3) is 0 Å². The van der Waals surface area contributed by atoms with Crippen molar-refractivity contribution in [1.82, 2.24) is 4.98 Å². The average molecular weight is 271 g/mol. The number of hydrogen-bond donors (Lipinski definition) is 2. The van der Waals surface area contributed by atoms with E-state index in [9.17, 15) is 12.8 Å². The van der Waals surface area contributed by atoms with Gasteiger partial charge >= 0.3 is 0 Å². The van der Waals surface area contributed by atoms with Gasteiger partial charge in [-0.1, -0.05) is 11.1 Å². The van der Waals surface area contributed by atoms with Crippen LogP contribution in [0.15, 0.2) is 17.3 Å². The number of aromatic nitrogens is 1. The monoisotopic (exact) mass is 271 g/mol. The van der Waals surface area contributed by atoms with Crippen LogP contribution in [0.4, 0.5) is 4.39 Å². The number of oxime groups is 1. The maximum Gasteiger partial charge on any atom is 0.210 e. The Bertz CT molecular complexity index is 617.